The molecule has 1 unspecified atom stereocenters. The van der Waals surface area contributed by atoms with Gasteiger partial charge in [0.15, 0.2) is 5.78 Å². The van der Waals surface area contributed by atoms with Gasteiger partial charge >= 0.3 is 0 Å². The molecule has 3 heteroatoms. The number of rotatable bonds is 8. The van der Waals surface area contributed by atoms with E-state index in [0.717, 1.165) is 17.3 Å². The highest BCUT2D eigenvalue weighted by molar-refractivity contribution is 9.10. The summed E-state index contributed by atoms with van der Waals surface area (Å²) in [6.45, 7) is 4.35. The highest BCUT2D eigenvalue weighted by Gasteiger charge is 2.17. The van der Waals surface area contributed by atoms with Crippen molar-refractivity contribution in [1.82, 2.24) is 0 Å². The summed E-state index contributed by atoms with van der Waals surface area (Å²) in [5.41, 5.74) is 0.695. The largest absolute Gasteiger partial charge is 0.496 e. The molecule has 1 atom stereocenters. The number of benzene rings is 1. The van der Waals surface area contributed by atoms with Crippen LogP contribution in [-0.2, 0) is 0 Å². The molecule has 0 aliphatic heterocycles. The topological polar surface area (TPSA) is 26.3 Å². The van der Waals surface area contributed by atoms with Crippen molar-refractivity contribution in [2.45, 2.75) is 46.0 Å². The SMILES string of the molecule is CCCCC(CC)CC(=O)c1ccc(Br)cc1OC. The number of hydrogen-bond acceptors (Lipinski definition) is 2. The summed E-state index contributed by atoms with van der Waals surface area (Å²) in [5.74, 6) is 1.33. The van der Waals surface area contributed by atoms with Gasteiger partial charge in [0.1, 0.15) is 5.75 Å². The van der Waals surface area contributed by atoms with Crippen LogP contribution >= 0.6 is 15.9 Å². The molecule has 106 valence electrons. The number of hydrogen-bond donors (Lipinski definition) is 0. The van der Waals surface area contributed by atoms with Crippen LogP contribution in [0.1, 0.15) is 56.3 Å². The van der Waals surface area contributed by atoms with Gasteiger partial charge in [-0.15, -0.1) is 0 Å². The molecule has 0 spiro atoms. The quantitative estimate of drug-likeness (QED) is 0.610. The summed E-state index contributed by atoms with van der Waals surface area (Å²) in [5, 5.41) is 0. The van der Waals surface area contributed by atoms with E-state index in [-0.39, 0.29) is 5.78 Å². The van der Waals surface area contributed by atoms with Gasteiger partial charge in [-0.25, -0.2) is 0 Å². The lowest BCUT2D eigenvalue weighted by molar-refractivity contribution is 0.0954. The number of unbranched alkanes of at least 4 members (excludes halogenated alkanes) is 1. The Morgan fingerprint density at radius 2 is 2.11 bits per heavy atom. The molecule has 1 aromatic carbocycles. The maximum absolute atomic E-state index is 12.4. The molecule has 0 bridgehead atoms. The molecular formula is C16H23BrO2. The number of ketones is 1. The summed E-state index contributed by atoms with van der Waals surface area (Å²) < 4.78 is 6.22. The zero-order chi connectivity index (χ0) is 14.3. The molecule has 1 aromatic rings. The smallest absolute Gasteiger partial charge is 0.166 e. The molecule has 1 rings (SSSR count). The van der Waals surface area contributed by atoms with Crippen molar-refractivity contribution >= 4 is 21.7 Å². The van der Waals surface area contributed by atoms with E-state index in [0.29, 0.717) is 23.7 Å². The molecule has 19 heavy (non-hydrogen) atoms. The fourth-order valence-corrected chi connectivity index (χ4v) is 2.55. The summed E-state index contributed by atoms with van der Waals surface area (Å²) in [6, 6.07) is 5.58. The van der Waals surface area contributed by atoms with Crippen LogP contribution in [0, 0.1) is 5.92 Å². The first kappa shape index (κ1) is 16.2. The standard InChI is InChI=1S/C16H23BrO2/c1-4-6-7-12(5-2)10-15(18)14-9-8-13(17)11-16(14)19-3/h8-9,11-12H,4-7,10H2,1-3H3. The van der Waals surface area contributed by atoms with Crippen LogP contribution in [0.2, 0.25) is 0 Å². The Morgan fingerprint density at radius 3 is 2.68 bits per heavy atom. The number of halogens is 1. The molecule has 0 N–H and O–H groups in total. The van der Waals surface area contributed by atoms with Crippen LogP contribution in [0.3, 0.4) is 0 Å². The first-order valence-corrected chi connectivity index (χ1v) is 7.78. The Morgan fingerprint density at radius 1 is 1.37 bits per heavy atom. The van der Waals surface area contributed by atoms with Crippen LogP contribution in [0.4, 0.5) is 0 Å². The summed E-state index contributed by atoms with van der Waals surface area (Å²) in [7, 11) is 1.60. The number of methoxy groups -OCH3 is 1. The fourth-order valence-electron chi connectivity index (χ4n) is 2.21. The monoisotopic (exact) mass is 326 g/mol. The van der Waals surface area contributed by atoms with E-state index < -0.39 is 0 Å². The van der Waals surface area contributed by atoms with Gasteiger partial charge in [0.2, 0.25) is 0 Å². The van der Waals surface area contributed by atoms with Crippen molar-refractivity contribution in [3.05, 3.63) is 28.2 Å². The molecule has 0 radical (unpaired) electrons. The number of ether oxygens (including phenoxy) is 1. The van der Waals surface area contributed by atoms with Crippen molar-refractivity contribution in [3.8, 4) is 5.75 Å². The van der Waals surface area contributed by atoms with Gasteiger partial charge in [0.05, 0.1) is 12.7 Å². The van der Waals surface area contributed by atoms with Gasteiger partial charge in [0, 0.05) is 10.9 Å². The van der Waals surface area contributed by atoms with E-state index >= 15 is 0 Å². The van der Waals surface area contributed by atoms with Crippen LogP contribution in [-0.4, -0.2) is 12.9 Å². The average Bonchev–Trinajstić information content (AvgIpc) is 2.42. The second-order valence-corrected chi connectivity index (χ2v) is 5.80. The van der Waals surface area contributed by atoms with E-state index in [1.165, 1.54) is 12.8 Å². The lowest BCUT2D eigenvalue weighted by atomic mass is 9.91. The molecule has 2 nitrogen and oxygen atoms in total. The van der Waals surface area contributed by atoms with Gasteiger partial charge in [-0.05, 0) is 24.1 Å². The Balaban J connectivity index is 2.76. The minimum atomic E-state index is 0.187. The van der Waals surface area contributed by atoms with Gasteiger partial charge in [-0.3, -0.25) is 4.79 Å². The van der Waals surface area contributed by atoms with E-state index in [2.05, 4.69) is 29.8 Å². The van der Waals surface area contributed by atoms with Gasteiger partial charge in [-0.1, -0.05) is 55.5 Å². The van der Waals surface area contributed by atoms with Crippen molar-refractivity contribution < 1.29 is 9.53 Å². The first-order valence-electron chi connectivity index (χ1n) is 6.99. The van der Waals surface area contributed by atoms with E-state index in [1.807, 2.05) is 18.2 Å². The molecule has 0 heterocycles. The molecule has 0 fully saturated rings. The normalized spacial score (nSPS) is 12.2. The fraction of sp³-hybridized carbons (Fsp3) is 0.562. The number of Topliss-reactive ketones (excluding diaryl/α,β-unsaturated/α-hetero) is 1. The van der Waals surface area contributed by atoms with Crippen LogP contribution in [0.5, 0.6) is 5.75 Å². The predicted molar refractivity (Wildman–Crippen MR) is 82.9 cm³/mol. The molecule has 0 saturated carbocycles. The zero-order valence-corrected chi connectivity index (χ0v) is 13.6. The highest BCUT2D eigenvalue weighted by atomic mass is 79.9. The third kappa shape index (κ3) is 4.98. The van der Waals surface area contributed by atoms with Crippen molar-refractivity contribution in [2.24, 2.45) is 5.92 Å². The van der Waals surface area contributed by atoms with E-state index in [1.54, 1.807) is 7.11 Å². The lowest BCUT2D eigenvalue weighted by Gasteiger charge is -2.14. The molecule has 0 aliphatic carbocycles. The highest BCUT2D eigenvalue weighted by Crippen LogP contribution is 2.27. The van der Waals surface area contributed by atoms with E-state index in [9.17, 15) is 4.79 Å². The van der Waals surface area contributed by atoms with Gasteiger partial charge < -0.3 is 4.74 Å². The van der Waals surface area contributed by atoms with Crippen molar-refractivity contribution in [3.63, 3.8) is 0 Å². The Bertz CT molecular complexity index is 415. The third-order valence-corrected chi connectivity index (χ3v) is 3.97. The molecule has 0 aliphatic rings. The van der Waals surface area contributed by atoms with Gasteiger partial charge in [-0.2, -0.15) is 0 Å². The summed E-state index contributed by atoms with van der Waals surface area (Å²) in [6.07, 6.45) is 5.20. The Labute approximate surface area is 124 Å². The van der Waals surface area contributed by atoms with Gasteiger partial charge in [0.25, 0.3) is 0 Å². The zero-order valence-electron chi connectivity index (χ0n) is 12.0. The second kappa shape index (κ2) is 8.36. The van der Waals surface area contributed by atoms with Crippen molar-refractivity contribution in [1.29, 1.82) is 0 Å². The minimum absolute atomic E-state index is 0.187. The third-order valence-electron chi connectivity index (χ3n) is 3.48. The second-order valence-electron chi connectivity index (χ2n) is 4.89. The van der Waals surface area contributed by atoms with Crippen molar-refractivity contribution in [2.75, 3.05) is 7.11 Å². The average molecular weight is 327 g/mol. The predicted octanol–water partition coefficient (Wildman–Crippen LogP) is 5.25. The number of carbonyl (C=O) groups is 1. The minimum Gasteiger partial charge on any atom is -0.496 e. The van der Waals surface area contributed by atoms with E-state index in [4.69, 9.17) is 4.74 Å². The first-order chi connectivity index (χ1) is 9.12. The van der Waals surface area contributed by atoms with Crippen LogP contribution < -0.4 is 4.74 Å². The molecular weight excluding hydrogens is 304 g/mol. The Kier molecular flexibility index (Phi) is 7.14. The summed E-state index contributed by atoms with van der Waals surface area (Å²) in [4.78, 5) is 12.4. The maximum atomic E-state index is 12.4. The summed E-state index contributed by atoms with van der Waals surface area (Å²) >= 11 is 3.39. The maximum Gasteiger partial charge on any atom is 0.166 e. The molecule has 0 saturated heterocycles. The molecule has 0 amide bonds. The lowest BCUT2D eigenvalue weighted by Crippen LogP contribution is -2.09. The Hall–Kier alpha value is -0.830. The molecule has 0 aromatic heterocycles. The van der Waals surface area contributed by atoms with Crippen LogP contribution in [0.25, 0.3) is 0 Å². The van der Waals surface area contributed by atoms with Crippen LogP contribution in [0.15, 0.2) is 22.7 Å². The number of carbonyl (C=O) groups excluding carboxylic acids is 1.